The number of aliphatic imine (C=N–C) groups is 2. The van der Waals surface area contributed by atoms with Gasteiger partial charge in [0.05, 0.1) is 24.2 Å². The second-order valence-electron chi connectivity index (χ2n) is 4.88. The van der Waals surface area contributed by atoms with Crippen molar-refractivity contribution < 1.29 is 9.53 Å². The lowest BCUT2D eigenvalue weighted by Gasteiger charge is -2.01. The molecule has 0 saturated carbocycles. The number of ether oxygens (including phenoxy) is 1. The van der Waals surface area contributed by atoms with Gasteiger partial charge in [0.15, 0.2) is 5.70 Å². The summed E-state index contributed by atoms with van der Waals surface area (Å²) in [6, 6.07) is 13.5. The molecule has 124 valence electrons. The van der Waals surface area contributed by atoms with Crippen LogP contribution < -0.4 is 0 Å². The standard InChI is InChI=1S/C18H15N5O2/c1-2-25-17(24)16(22-13-21-14-7-4-3-5-8-14)11-15-12-20-18-19-9-6-10-23(15)18/h3-12H,2H2,1H3/b16-11-. The molecule has 0 atom stereocenters. The second kappa shape index (κ2) is 7.81. The van der Waals surface area contributed by atoms with Crippen molar-refractivity contribution in [3.63, 3.8) is 0 Å². The van der Waals surface area contributed by atoms with E-state index in [2.05, 4.69) is 26.0 Å². The fourth-order valence-electron chi connectivity index (χ4n) is 2.07. The van der Waals surface area contributed by atoms with Gasteiger partial charge in [-0.25, -0.2) is 14.8 Å². The van der Waals surface area contributed by atoms with Gasteiger partial charge >= 0.3 is 5.97 Å². The largest absolute Gasteiger partial charge is 0.461 e. The SMILES string of the molecule is CCOC(=O)/C(=C/c1cnc2ncccn12)N=C=Nc1ccccc1. The number of hydrogen-bond donors (Lipinski definition) is 0. The molecule has 7 nitrogen and oxygen atoms in total. The lowest BCUT2D eigenvalue weighted by atomic mass is 10.3. The summed E-state index contributed by atoms with van der Waals surface area (Å²) >= 11 is 0. The molecule has 2 heterocycles. The zero-order valence-electron chi connectivity index (χ0n) is 13.5. The summed E-state index contributed by atoms with van der Waals surface area (Å²) in [6.45, 7) is 1.98. The number of carbonyl (C=O) groups excluding carboxylic acids is 1. The predicted octanol–water partition coefficient (Wildman–Crippen LogP) is 3.14. The molecule has 0 fully saturated rings. The number of esters is 1. The van der Waals surface area contributed by atoms with Gasteiger partial charge in [0, 0.05) is 12.4 Å². The van der Waals surface area contributed by atoms with Gasteiger partial charge in [0.25, 0.3) is 0 Å². The molecule has 0 N–H and O–H groups in total. The molecular weight excluding hydrogens is 318 g/mol. The van der Waals surface area contributed by atoms with E-state index in [1.54, 1.807) is 42.1 Å². The van der Waals surface area contributed by atoms with Crippen LogP contribution >= 0.6 is 0 Å². The molecule has 2 aromatic heterocycles. The molecule has 0 saturated heterocycles. The van der Waals surface area contributed by atoms with Crippen LogP contribution in [0, 0.1) is 0 Å². The fourth-order valence-corrected chi connectivity index (χ4v) is 2.07. The zero-order chi connectivity index (χ0) is 17.5. The summed E-state index contributed by atoms with van der Waals surface area (Å²) in [7, 11) is 0. The summed E-state index contributed by atoms with van der Waals surface area (Å²) in [4.78, 5) is 28.6. The monoisotopic (exact) mass is 333 g/mol. The topological polar surface area (TPSA) is 81.2 Å². The van der Waals surface area contributed by atoms with Gasteiger partial charge < -0.3 is 4.74 Å². The smallest absolute Gasteiger partial charge is 0.357 e. The minimum absolute atomic E-state index is 0.0761. The molecule has 1 aromatic carbocycles. The van der Waals surface area contributed by atoms with E-state index in [1.165, 1.54) is 0 Å². The van der Waals surface area contributed by atoms with Gasteiger partial charge in [-0.3, -0.25) is 4.40 Å². The number of rotatable bonds is 5. The summed E-state index contributed by atoms with van der Waals surface area (Å²) in [5.41, 5.74) is 1.41. The number of aromatic nitrogens is 3. The van der Waals surface area contributed by atoms with Crippen molar-refractivity contribution in [1.29, 1.82) is 0 Å². The number of hydrogen-bond acceptors (Lipinski definition) is 6. The third-order valence-electron chi connectivity index (χ3n) is 3.19. The van der Waals surface area contributed by atoms with Crippen molar-refractivity contribution in [2.45, 2.75) is 6.92 Å². The Morgan fingerprint density at radius 3 is 2.92 bits per heavy atom. The molecule has 0 aliphatic heterocycles. The number of imidazole rings is 1. The summed E-state index contributed by atoms with van der Waals surface area (Å²) in [5.74, 6) is -0.0315. The molecule has 0 aliphatic carbocycles. The quantitative estimate of drug-likeness (QED) is 0.408. The van der Waals surface area contributed by atoms with Crippen LogP contribution in [0.15, 0.2) is 70.7 Å². The van der Waals surface area contributed by atoms with Gasteiger partial charge in [0.2, 0.25) is 5.78 Å². The molecule has 3 rings (SSSR count). The Labute approximate surface area is 144 Å². The Morgan fingerprint density at radius 1 is 1.28 bits per heavy atom. The molecule has 7 heteroatoms. The number of para-hydroxylation sites is 1. The number of nitrogens with zero attached hydrogens (tertiary/aromatic N) is 5. The van der Waals surface area contributed by atoms with E-state index in [-0.39, 0.29) is 12.3 Å². The van der Waals surface area contributed by atoms with E-state index in [0.717, 1.165) is 0 Å². The van der Waals surface area contributed by atoms with E-state index in [0.29, 0.717) is 17.2 Å². The highest BCUT2D eigenvalue weighted by molar-refractivity contribution is 5.94. The van der Waals surface area contributed by atoms with Crippen LogP contribution in [-0.4, -0.2) is 33.0 Å². The third-order valence-corrected chi connectivity index (χ3v) is 3.19. The minimum atomic E-state index is -0.558. The Balaban J connectivity index is 1.97. The molecule has 0 spiro atoms. The summed E-state index contributed by atoms with van der Waals surface area (Å²) in [6.07, 6.45) is 6.61. The lowest BCUT2D eigenvalue weighted by molar-refractivity contribution is -0.138. The van der Waals surface area contributed by atoms with Crippen molar-refractivity contribution in [3.8, 4) is 0 Å². The van der Waals surface area contributed by atoms with E-state index < -0.39 is 5.97 Å². The highest BCUT2D eigenvalue weighted by atomic mass is 16.5. The number of carbonyl (C=O) groups is 1. The van der Waals surface area contributed by atoms with Crippen molar-refractivity contribution in [2.24, 2.45) is 9.98 Å². The second-order valence-corrected chi connectivity index (χ2v) is 4.88. The van der Waals surface area contributed by atoms with Crippen LogP contribution in [0.3, 0.4) is 0 Å². The molecule has 3 aromatic rings. The highest BCUT2D eigenvalue weighted by Gasteiger charge is 2.11. The van der Waals surface area contributed by atoms with Crippen LogP contribution in [0.4, 0.5) is 5.69 Å². The van der Waals surface area contributed by atoms with Gasteiger partial charge in [0.1, 0.15) is 6.01 Å². The lowest BCUT2D eigenvalue weighted by Crippen LogP contribution is -2.06. The number of benzene rings is 1. The van der Waals surface area contributed by atoms with Gasteiger partial charge in [-0.2, -0.15) is 9.98 Å². The van der Waals surface area contributed by atoms with Crippen molar-refractivity contribution in [1.82, 2.24) is 14.4 Å². The highest BCUT2D eigenvalue weighted by Crippen LogP contribution is 2.12. The first-order valence-electron chi connectivity index (χ1n) is 7.66. The molecule has 0 radical (unpaired) electrons. The molecule has 0 amide bonds. The van der Waals surface area contributed by atoms with Gasteiger partial charge in [-0.05, 0) is 31.2 Å². The first-order valence-corrected chi connectivity index (χ1v) is 7.66. The Morgan fingerprint density at radius 2 is 2.12 bits per heavy atom. The van der Waals surface area contributed by atoms with E-state index in [1.807, 2.05) is 30.3 Å². The Bertz CT molecular complexity index is 969. The van der Waals surface area contributed by atoms with Crippen molar-refractivity contribution in [3.05, 3.63) is 66.4 Å². The van der Waals surface area contributed by atoms with Crippen LogP contribution in [0.1, 0.15) is 12.6 Å². The van der Waals surface area contributed by atoms with E-state index >= 15 is 0 Å². The van der Waals surface area contributed by atoms with E-state index in [4.69, 9.17) is 4.74 Å². The minimum Gasteiger partial charge on any atom is -0.461 e. The van der Waals surface area contributed by atoms with Crippen LogP contribution in [0.25, 0.3) is 11.9 Å². The molecular formula is C18H15N5O2. The van der Waals surface area contributed by atoms with Crippen LogP contribution in [0.2, 0.25) is 0 Å². The van der Waals surface area contributed by atoms with Crippen molar-refractivity contribution >= 4 is 29.5 Å². The van der Waals surface area contributed by atoms with Gasteiger partial charge in [-0.15, -0.1) is 0 Å². The first kappa shape index (κ1) is 16.3. The average Bonchev–Trinajstić information content (AvgIpc) is 3.05. The van der Waals surface area contributed by atoms with Crippen LogP contribution in [-0.2, 0) is 9.53 Å². The molecule has 25 heavy (non-hydrogen) atoms. The van der Waals surface area contributed by atoms with Gasteiger partial charge in [-0.1, -0.05) is 18.2 Å². The Kier molecular flexibility index (Phi) is 5.09. The molecule has 0 unspecified atom stereocenters. The number of fused-ring (bicyclic) bond motifs is 1. The Hall–Kier alpha value is -3.57. The fraction of sp³-hybridized carbons (Fsp3) is 0.111. The maximum absolute atomic E-state index is 12.1. The average molecular weight is 333 g/mol. The summed E-state index contributed by atoms with van der Waals surface area (Å²) < 4.78 is 6.78. The maximum atomic E-state index is 12.1. The molecule has 0 bridgehead atoms. The normalized spacial score (nSPS) is 11.0. The van der Waals surface area contributed by atoms with E-state index in [9.17, 15) is 4.79 Å². The first-order chi connectivity index (χ1) is 12.3. The van der Waals surface area contributed by atoms with Crippen LogP contribution in [0.5, 0.6) is 0 Å². The maximum Gasteiger partial charge on any atom is 0.357 e. The summed E-state index contributed by atoms with van der Waals surface area (Å²) in [5, 5.41) is 0. The third kappa shape index (κ3) is 4.04. The zero-order valence-corrected chi connectivity index (χ0v) is 13.5. The molecule has 0 aliphatic rings. The van der Waals surface area contributed by atoms with Crippen molar-refractivity contribution in [2.75, 3.05) is 6.61 Å². The predicted molar refractivity (Wildman–Crippen MR) is 93.6 cm³/mol.